The molecule has 222 valence electrons. The third-order valence-corrected chi connectivity index (χ3v) is 10.3. The molecule has 0 radical (unpaired) electrons. The van der Waals surface area contributed by atoms with Crippen molar-refractivity contribution in [2.24, 2.45) is 5.92 Å². The summed E-state index contributed by atoms with van der Waals surface area (Å²) in [5.41, 5.74) is 0.188. The van der Waals surface area contributed by atoms with E-state index in [1.54, 1.807) is 4.90 Å². The van der Waals surface area contributed by atoms with Gasteiger partial charge in [-0.2, -0.15) is 4.31 Å². The van der Waals surface area contributed by atoms with E-state index >= 15 is 8.78 Å². The number of hydrogen-bond acceptors (Lipinski definition) is 9. The van der Waals surface area contributed by atoms with Crippen LogP contribution in [0, 0.1) is 5.92 Å². The van der Waals surface area contributed by atoms with Gasteiger partial charge in [0.05, 0.1) is 17.2 Å². The van der Waals surface area contributed by atoms with Crippen molar-refractivity contribution in [3.8, 4) is 5.75 Å². The molecule has 3 saturated heterocycles. The number of amides is 1. The number of anilines is 2. The molecule has 15 heteroatoms. The van der Waals surface area contributed by atoms with Crippen LogP contribution in [0.4, 0.5) is 25.1 Å². The fraction of sp³-hybridized carbons (Fsp3) is 0.538. The number of hydrogen-bond donors (Lipinski definition) is 2. The summed E-state index contributed by atoms with van der Waals surface area (Å²) in [6, 6.07) is 6.33. The second-order valence-electron chi connectivity index (χ2n) is 10.6. The fourth-order valence-corrected chi connectivity index (χ4v) is 7.54. The van der Waals surface area contributed by atoms with Gasteiger partial charge in [0, 0.05) is 43.7 Å². The van der Waals surface area contributed by atoms with Crippen molar-refractivity contribution < 1.29 is 36.6 Å². The molecule has 11 nitrogen and oxygen atoms in total. The molecule has 1 aromatic carbocycles. The number of cyclic esters (lactones) is 1. The van der Waals surface area contributed by atoms with E-state index in [-0.39, 0.29) is 66.6 Å². The number of carbonyl (C=O) groups is 1. The highest BCUT2D eigenvalue weighted by atomic mass is 35.5. The Morgan fingerprint density at radius 2 is 1.85 bits per heavy atom. The van der Waals surface area contributed by atoms with Gasteiger partial charge in [0.2, 0.25) is 10.0 Å². The van der Waals surface area contributed by atoms with Gasteiger partial charge in [0.1, 0.15) is 29.4 Å². The third-order valence-electron chi connectivity index (χ3n) is 8.21. The maximum absolute atomic E-state index is 15.4. The van der Waals surface area contributed by atoms with Crippen molar-refractivity contribution >= 4 is 39.2 Å². The molecule has 4 aliphatic rings. The minimum Gasteiger partial charge on any atom is -0.489 e. The highest BCUT2D eigenvalue weighted by molar-refractivity contribution is 7.89. The number of pyridine rings is 1. The minimum atomic E-state index is -3.93. The zero-order chi connectivity index (χ0) is 28.9. The maximum Gasteiger partial charge on any atom is 0.415 e. The van der Waals surface area contributed by atoms with E-state index < -0.39 is 40.1 Å². The number of nitrogens with one attached hydrogen (secondary N) is 1. The summed E-state index contributed by atoms with van der Waals surface area (Å²) in [5, 5.41) is 12.5. The Balaban J connectivity index is 1.16. The van der Waals surface area contributed by atoms with Gasteiger partial charge in [0.25, 0.3) is 5.92 Å². The van der Waals surface area contributed by atoms with Crippen LogP contribution in [-0.2, 0) is 20.7 Å². The SMILES string of the molecule is O=C1O[C@H](CO)[C@H]2COc3cc(S(=O)(=O)N4CCN(c5cc(C(F)(F)C6CCNCC6)cc(Cl)n5)CC4)ccc3N12. The molecule has 2 N–H and O–H groups in total. The number of aliphatic hydroxyl groups excluding tert-OH is 1. The molecule has 2 atom stereocenters. The number of nitrogens with zero attached hydrogens (tertiary/aromatic N) is 4. The molecule has 0 bridgehead atoms. The molecule has 4 aliphatic heterocycles. The molecule has 5 heterocycles. The van der Waals surface area contributed by atoms with Crippen LogP contribution < -0.4 is 19.9 Å². The van der Waals surface area contributed by atoms with Crippen molar-refractivity contribution in [3.63, 3.8) is 0 Å². The monoisotopic (exact) mass is 613 g/mol. The highest BCUT2D eigenvalue weighted by Crippen LogP contribution is 2.43. The summed E-state index contributed by atoms with van der Waals surface area (Å²) in [6.45, 7) is 1.45. The molecule has 1 aromatic heterocycles. The van der Waals surface area contributed by atoms with E-state index in [4.69, 9.17) is 21.1 Å². The number of carbonyl (C=O) groups excluding carboxylic acids is 1. The number of aromatic nitrogens is 1. The molecule has 2 aromatic rings. The van der Waals surface area contributed by atoms with E-state index in [2.05, 4.69) is 10.3 Å². The van der Waals surface area contributed by atoms with Crippen LogP contribution >= 0.6 is 11.6 Å². The normalized spacial score (nSPS) is 24.0. The van der Waals surface area contributed by atoms with Crippen molar-refractivity contribution in [1.82, 2.24) is 14.6 Å². The third kappa shape index (κ3) is 5.09. The topological polar surface area (TPSA) is 125 Å². The lowest BCUT2D eigenvalue weighted by Gasteiger charge is -2.36. The van der Waals surface area contributed by atoms with Gasteiger partial charge >= 0.3 is 6.09 Å². The van der Waals surface area contributed by atoms with Gasteiger partial charge in [-0.1, -0.05) is 11.6 Å². The number of rotatable bonds is 6. The number of sulfonamides is 1. The first-order chi connectivity index (χ1) is 19.6. The van der Waals surface area contributed by atoms with Crippen molar-refractivity contribution in [1.29, 1.82) is 0 Å². The second-order valence-corrected chi connectivity index (χ2v) is 12.9. The molecule has 0 spiro atoms. The number of ether oxygens (including phenoxy) is 2. The van der Waals surface area contributed by atoms with Crippen LogP contribution in [0.1, 0.15) is 18.4 Å². The molecule has 1 amide bonds. The molecule has 0 saturated carbocycles. The molecular weight excluding hydrogens is 584 g/mol. The first-order valence-corrected chi connectivity index (χ1v) is 15.3. The summed E-state index contributed by atoms with van der Waals surface area (Å²) < 4.78 is 69.9. The number of benzene rings is 1. The number of alkyl halides is 2. The zero-order valence-electron chi connectivity index (χ0n) is 22.0. The lowest BCUT2D eigenvalue weighted by Crippen LogP contribution is -2.49. The quantitative estimate of drug-likeness (QED) is 0.473. The lowest BCUT2D eigenvalue weighted by atomic mass is 9.87. The van der Waals surface area contributed by atoms with E-state index in [9.17, 15) is 18.3 Å². The summed E-state index contributed by atoms with van der Waals surface area (Å²) in [7, 11) is -3.93. The van der Waals surface area contributed by atoms with E-state index in [0.717, 1.165) is 0 Å². The number of halogens is 3. The standard InChI is InChI=1S/C26H30ClF2N5O6S/c27-23-11-17(26(28,29)16-3-5-30-6-4-16)12-24(31-23)32-7-9-33(10-8-32)41(37,38)18-1-2-19-21(13-18)39-15-20-22(14-35)40-25(36)34(19)20/h1-2,11-13,16,20,22,30,35H,3-10,14-15H2/t20-,22-/m1/s1. The van der Waals surface area contributed by atoms with Crippen LogP contribution in [0.3, 0.4) is 0 Å². The molecular formula is C26H30ClF2N5O6S. The second kappa shape index (κ2) is 10.8. The van der Waals surface area contributed by atoms with Crippen molar-refractivity contribution in [2.75, 3.05) is 62.3 Å². The molecule has 0 unspecified atom stereocenters. The van der Waals surface area contributed by atoms with Gasteiger partial charge < -0.3 is 24.8 Å². The van der Waals surface area contributed by atoms with Crippen LogP contribution in [0.25, 0.3) is 0 Å². The van der Waals surface area contributed by atoms with Crippen LogP contribution in [-0.4, -0.2) is 93.5 Å². The fourth-order valence-electron chi connectivity index (χ4n) is 5.89. The Morgan fingerprint density at radius 3 is 2.56 bits per heavy atom. The highest BCUT2D eigenvalue weighted by Gasteiger charge is 2.47. The molecule has 6 rings (SSSR count). The average Bonchev–Trinajstić information content (AvgIpc) is 3.32. The van der Waals surface area contributed by atoms with Crippen LogP contribution in [0.5, 0.6) is 5.75 Å². The summed E-state index contributed by atoms with van der Waals surface area (Å²) in [6.07, 6.45) is -0.635. The Bertz CT molecular complexity index is 1440. The van der Waals surface area contributed by atoms with Crippen LogP contribution in [0.15, 0.2) is 35.2 Å². The molecule has 0 aliphatic carbocycles. The molecule has 41 heavy (non-hydrogen) atoms. The minimum absolute atomic E-state index is 0.000738. The van der Waals surface area contributed by atoms with Crippen molar-refractivity contribution in [2.45, 2.75) is 35.8 Å². The average molecular weight is 614 g/mol. The van der Waals surface area contributed by atoms with Gasteiger partial charge in [-0.15, -0.1) is 0 Å². The molecule has 3 fully saturated rings. The Kier molecular flexibility index (Phi) is 7.47. The van der Waals surface area contributed by atoms with Gasteiger partial charge in [-0.05, 0) is 50.2 Å². The largest absolute Gasteiger partial charge is 0.489 e. The summed E-state index contributed by atoms with van der Waals surface area (Å²) in [5.74, 6) is -3.35. The van der Waals surface area contributed by atoms with Crippen LogP contribution in [0.2, 0.25) is 5.15 Å². The van der Waals surface area contributed by atoms with E-state index in [1.807, 2.05) is 0 Å². The Hall–Kier alpha value is -2.78. The van der Waals surface area contributed by atoms with Crippen molar-refractivity contribution in [3.05, 3.63) is 41.0 Å². The summed E-state index contributed by atoms with van der Waals surface area (Å²) in [4.78, 5) is 19.7. The van der Waals surface area contributed by atoms with E-state index in [1.165, 1.54) is 39.5 Å². The lowest BCUT2D eigenvalue weighted by molar-refractivity contribution is -0.0753. The smallest absolute Gasteiger partial charge is 0.415 e. The zero-order valence-corrected chi connectivity index (χ0v) is 23.6. The first kappa shape index (κ1) is 28.3. The Morgan fingerprint density at radius 1 is 1.12 bits per heavy atom. The Labute approximate surface area is 241 Å². The maximum atomic E-state index is 15.4. The van der Waals surface area contributed by atoms with Gasteiger partial charge in [-0.25, -0.2) is 27.0 Å². The predicted octanol–water partition coefficient (Wildman–Crippen LogP) is 2.42. The number of piperazine rings is 1. The summed E-state index contributed by atoms with van der Waals surface area (Å²) >= 11 is 6.17. The number of piperidine rings is 1. The van der Waals surface area contributed by atoms with Gasteiger partial charge in [-0.3, -0.25) is 4.90 Å². The van der Waals surface area contributed by atoms with Gasteiger partial charge in [0.15, 0.2) is 6.10 Å². The van der Waals surface area contributed by atoms with E-state index in [0.29, 0.717) is 31.6 Å². The number of fused-ring (bicyclic) bond motifs is 3. The number of aliphatic hydroxyl groups is 1. The first-order valence-electron chi connectivity index (χ1n) is 13.5. The predicted molar refractivity (Wildman–Crippen MR) is 145 cm³/mol.